The minimum absolute atomic E-state index is 0.249. The zero-order valence-electron chi connectivity index (χ0n) is 9.56. The van der Waals surface area contributed by atoms with Crippen molar-refractivity contribution in [1.82, 2.24) is 4.98 Å². The van der Waals surface area contributed by atoms with Crippen molar-refractivity contribution in [2.24, 2.45) is 5.73 Å². The number of hydrogen-bond donors (Lipinski definition) is 2. The lowest BCUT2D eigenvalue weighted by atomic mass is 10.2. The van der Waals surface area contributed by atoms with Gasteiger partial charge in [-0.05, 0) is 18.6 Å². The Morgan fingerprint density at radius 2 is 2.44 bits per heavy atom. The highest BCUT2D eigenvalue weighted by molar-refractivity contribution is 7.80. The number of ether oxygens (including phenoxy) is 1. The average molecular weight is 239 g/mol. The summed E-state index contributed by atoms with van der Waals surface area (Å²) in [6, 6.07) is 3.89. The van der Waals surface area contributed by atoms with E-state index < -0.39 is 0 Å². The molecule has 16 heavy (non-hydrogen) atoms. The molecule has 1 unspecified atom stereocenters. The van der Waals surface area contributed by atoms with Gasteiger partial charge in [-0.3, -0.25) is 0 Å². The fourth-order valence-electron chi connectivity index (χ4n) is 1.33. The first kappa shape index (κ1) is 12.9. The Balaban J connectivity index is 2.72. The summed E-state index contributed by atoms with van der Waals surface area (Å²) in [5.74, 6) is 0.772. The molecular formula is C11H17N3OS. The number of aromatic nitrogens is 1. The second-order valence-electron chi connectivity index (χ2n) is 3.50. The van der Waals surface area contributed by atoms with E-state index in [0.717, 1.165) is 17.8 Å². The second-order valence-corrected chi connectivity index (χ2v) is 3.94. The topological polar surface area (TPSA) is 60.2 Å². The molecule has 0 aliphatic heterocycles. The van der Waals surface area contributed by atoms with E-state index in [4.69, 9.17) is 22.7 Å². The highest BCUT2D eigenvalue weighted by atomic mass is 32.1. The van der Waals surface area contributed by atoms with Crippen molar-refractivity contribution in [3.8, 4) is 0 Å². The van der Waals surface area contributed by atoms with Crippen LogP contribution >= 0.6 is 12.2 Å². The van der Waals surface area contributed by atoms with Gasteiger partial charge in [0.1, 0.15) is 10.8 Å². The number of nitrogens with zero attached hydrogens (tertiary/aromatic N) is 1. The van der Waals surface area contributed by atoms with Gasteiger partial charge in [0.25, 0.3) is 0 Å². The van der Waals surface area contributed by atoms with Gasteiger partial charge < -0.3 is 15.8 Å². The van der Waals surface area contributed by atoms with Gasteiger partial charge >= 0.3 is 0 Å². The number of nitrogens with two attached hydrogens (primary N) is 1. The van der Waals surface area contributed by atoms with Crippen LogP contribution in [-0.4, -0.2) is 29.7 Å². The molecule has 0 saturated heterocycles. The Bertz CT molecular complexity index is 357. The third-order valence-electron chi connectivity index (χ3n) is 2.26. The average Bonchev–Trinajstić information content (AvgIpc) is 2.29. The molecule has 0 bridgehead atoms. The van der Waals surface area contributed by atoms with Gasteiger partial charge in [-0.2, -0.15) is 0 Å². The predicted molar refractivity (Wildman–Crippen MR) is 69.7 cm³/mol. The van der Waals surface area contributed by atoms with Gasteiger partial charge in [0.05, 0.1) is 12.6 Å². The first-order valence-electron chi connectivity index (χ1n) is 5.18. The van der Waals surface area contributed by atoms with Gasteiger partial charge in [-0.15, -0.1) is 0 Å². The highest BCUT2D eigenvalue weighted by Crippen LogP contribution is 2.09. The molecule has 1 rings (SSSR count). The molecule has 0 saturated carbocycles. The summed E-state index contributed by atoms with van der Waals surface area (Å²) >= 11 is 4.91. The standard InChI is InChI=1S/C11H17N3OS/c1-3-9(7-15-2)14-10-6-8(11(12)16)4-5-13-10/h4-6,9H,3,7H2,1-2H3,(H2,12,16)(H,13,14). The summed E-state index contributed by atoms with van der Waals surface area (Å²) in [6.07, 6.45) is 2.66. The van der Waals surface area contributed by atoms with Crippen molar-refractivity contribution in [3.63, 3.8) is 0 Å². The minimum Gasteiger partial charge on any atom is -0.389 e. The normalized spacial score (nSPS) is 12.1. The molecule has 0 radical (unpaired) electrons. The molecule has 0 amide bonds. The van der Waals surface area contributed by atoms with Crippen LogP contribution in [0, 0.1) is 0 Å². The lowest BCUT2D eigenvalue weighted by Gasteiger charge is -2.16. The van der Waals surface area contributed by atoms with Crippen molar-refractivity contribution in [3.05, 3.63) is 23.9 Å². The number of rotatable bonds is 6. The summed E-state index contributed by atoms with van der Waals surface area (Å²) in [5.41, 5.74) is 6.38. The Hall–Kier alpha value is -1.20. The minimum atomic E-state index is 0.249. The molecule has 1 aromatic heterocycles. The predicted octanol–water partition coefficient (Wildman–Crippen LogP) is 1.55. The lowest BCUT2D eigenvalue weighted by molar-refractivity contribution is 0.184. The molecule has 0 aliphatic rings. The van der Waals surface area contributed by atoms with Crippen LogP contribution in [-0.2, 0) is 4.74 Å². The molecule has 0 aromatic carbocycles. The van der Waals surface area contributed by atoms with Crippen LogP contribution in [0.1, 0.15) is 18.9 Å². The van der Waals surface area contributed by atoms with E-state index in [2.05, 4.69) is 17.2 Å². The largest absolute Gasteiger partial charge is 0.389 e. The molecule has 1 heterocycles. The van der Waals surface area contributed by atoms with Crippen LogP contribution < -0.4 is 11.1 Å². The molecule has 5 heteroatoms. The quantitative estimate of drug-likeness (QED) is 0.738. The zero-order valence-corrected chi connectivity index (χ0v) is 10.4. The maximum Gasteiger partial charge on any atom is 0.126 e. The van der Waals surface area contributed by atoms with E-state index >= 15 is 0 Å². The molecule has 4 nitrogen and oxygen atoms in total. The van der Waals surface area contributed by atoms with Crippen LogP contribution in [0.4, 0.5) is 5.82 Å². The van der Waals surface area contributed by atoms with Crippen LogP contribution in [0.15, 0.2) is 18.3 Å². The Morgan fingerprint density at radius 3 is 3.00 bits per heavy atom. The first-order chi connectivity index (χ1) is 7.67. The maximum atomic E-state index is 5.56. The number of methoxy groups -OCH3 is 1. The number of thiocarbonyl (C=S) groups is 1. The Labute approximate surface area is 101 Å². The van der Waals surface area contributed by atoms with Gasteiger partial charge in [0.15, 0.2) is 0 Å². The van der Waals surface area contributed by atoms with Crippen LogP contribution in [0.5, 0.6) is 0 Å². The Morgan fingerprint density at radius 1 is 1.69 bits per heavy atom. The molecule has 1 atom stereocenters. The number of pyridine rings is 1. The summed E-state index contributed by atoms with van der Waals surface area (Å²) in [7, 11) is 1.68. The third kappa shape index (κ3) is 3.75. The molecule has 3 N–H and O–H groups in total. The smallest absolute Gasteiger partial charge is 0.126 e. The van der Waals surface area contributed by atoms with Crippen molar-refractivity contribution >= 4 is 23.0 Å². The monoisotopic (exact) mass is 239 g/mol. The van der Waals surface area contributed by atoms with E-state index in [-0.39, 0.29) is 6.04 Å². The zero-order chi connectivity index (χ0) is 12.0. The van der Waals surface area contributed by atoms with E-state index in [1.807, 2.05) is 6.07 Å². The maximum absolute atomic E-state index is 5.56. The van der Waals surface area contributed by atoms with Gasteiger partial charge in [0, 0.05) is 18.9 Å². The van der Waals surface area contributed by atoms with Gasteiger partial charge in [-0.25, -0.2) is 4.98 Å². The van der Waals surface area contributed by atoms with Gasteiger partial charge in [-0.1, -0.05) is 19.1 Å². The molecule has 0 aliphatic carbocycles. The number of anilines is 1. The fraction of sp³-hybridized carbons (Fsp3) is 0.455. The van der Waals surface area contributed by atoms with Crippen LogP contribution in [0.25, 0.3) is 0 Å². The van der Waals surface area contributed by atoms with Gasteiger partial charge in [0.2, 0.25) is 0 Å². The third-order valence-corrected chi connectivity index (χ3v) is 2.49. The summed E-state index contributed by atoms with van der Waals surface area (Å²) in [5, 5.41) is 3.27. The lowest BCUT2D eigenvalue weighted by Crippen LogP contribution is -2.24. The van der Waals surface area contributed by atoms with Crippen molar-refractivity contribution in [2.45, 2.75) is 19.4 Å². The summed E-state index contributed by atoms with van der Waals surface area (Å²) in [4.78, 5) is 4.59. The van der Waals surface area contributed by atoms with Crippen molar-refractivity contribution in [1.29, 1.82) is 0 Å². The van der Waals surface area contributed by atoms with Crippen molar-refractivity contribution in [2.75, 3.05) is 19.0 Å². The molecule has 0 fully saturated rings. The number of hydrogen-bond acceptors (Lipinski definition) is 4. The highest BCUT2D eigenvalue weighted by Gasteiger charge is 2.07. The van der Waals surface area contributed by atoms with E-state index in [1.165, 1.54) is 0 Å². The SMILES string of the molecule is CCC(COC)Nc1cc(C(N)=S)ccn1. The second kappa shape index (κ2) is 6.40. The molecule has 88 valence electrons. The molecule has 0 spiro atoms. The fourth-order valence-corrected chi connectivity index (χ4v) is 1.46. The van der Waals surface area contributed by atoms with E-state index in [0.29, 0.717) is 11.6 Å². The van der Waals surface area contributed by atoms with Crippen LogP contribution in [0.2, 0.25) is 0 Å². The molecule has 1 aromatic rings. The number of nitrogens with one attached hydrogen (secondary N) is 1. The van der Waals surface area contributed by atoms with Crippen LogP contribution in [0.3, 0.4) is 0 Å². The Kier molecular flexibility index (Phi) is 5.14. The first-order valence-corrected chi connectivity index (χ1v) is 5.59. The summed E-state index contributed by atoms with van der Waals surface area (Å²) < 4.78 is 5.10. The molecular weight excluding hydrogens is 222 g/mol. The van der Waals surface area contributed by atoms with E-state index in [9.17, 15) is 0 Å². The van der Waals surface area contributed by atoms with E-state index in [1.54, 1.807) is 19.4 Å². The summed E-state index contributed by atoms with van der Waals surface area (Å²) in [6.45, 7) is 2.74. The van der Waals surface area contributed by atoms with Crippen molar-refractivity contribution < 1.29 is 4.74 Å².